The van der Waals surface area contributed by atoms with Gasteiger partial charge < -0.3 is 11.1 Å². The Balaban J connectivity index is 3.15. The summed E-state index contributed by atoms with van der Waals surface area (Å²) in [5.41, 5.74) is 5.05. The lowest BCUT2D eigenvalue weighted by Gasteiger charge is -2.04. The summed E-state index contributed by atoms with van der Waals surface area (Å²) < 4.78 is 0. The van der Waals surface area contributed by atoms with Gasteiger partial charge in [-0.15, -0.1) is 0 Å². The zero-order valence-corrected chi connectivity index (χ0v) is 11.7. The standard InChI is InChI=1S/C14H28N2O2/c1-2-3-12-16-14(18)11-9-7-5-4-6-8-10-13(15)17/h2-12H2,1H3,(H2,15,17)(H,16,18). The highest BCUT2D eigenvalue weighted by molar-refractivity contribution is 5.75. The Bertz CT molecular complexity index is 230. The number of hydrogen-bond donors (Lipinski definition) is 2. The highest BCUT2D eigenvalue weighted by atomic mass is 16.1. The molecule has 0 atom stereocenters. The molecule has 0 fully saturated rings. The van der Waals surface area contributed by atoms with Crippen LogP contribution in [0.5, 0.6) is 0 Å². The number of carbonyl (C=O) groups is 2. The second kappa shape index (κ2) is 12.4. The molecule has 0 spiro atoms. The smallest absolute Gasteiger partial charge is 0.219 e. The normalized spacial score (nSPS) is 10.3. The number of primary amides is 1. The van der Waals surface area contributed by atoms with Gasteiger partial charge in [0.15, 0.2) is 0 Å². The molecule has 0 heterocycles. The summed E-state index contributed by atoms with van der Waals surface area (Å²) in [5.74, 6) is -0.0315. The molecule has 0 unspecified atom stereocenters. The molecule has 4 heteroatoms. The second-order valence-electron chi connectivity index (χ2n) is 4.79. The van der Waals surface area contributed by atoms with E-state index in [2.05, 4.69) is 12.2 Å². The molecular formula is C14H28N2O2. The van der Waals surface area contributed by atoms with Crippen LogP contribution in [-0.4, -0.2) is 18.4 Å². The summed E-state index contributed by atoms with van der Waals surface area (Å²) >= 11 is 0. The monoisotopic (exact) mass is 256 g/mol. The van der Waals surface area contributed by atoms with Crippen LogP contribution in [0.25, 0.3) is 0 Å². The average molecular weight is 256 g/mol. The Labute approximate surface area is 111 Å². The van der Waals surface area contributed by atoms with Gasteiger partial charge in [0.2, 0.25) is 11.8 Å². The Hall–Kier alpha value is -1.06. The molecule has 0 bridgehead atoms. The minimum Gasteiger partial charge on any atom is -0.370 e. The molecule has 0 rings (SSSR count). The van der Waals surface area contributed by atoms with E-state index in [1.54, 1.807) is 0 Å². The molecule has 2 amide bonds. The molecular weight excluding hydrogens is 228 g/mol. The van der Waals surface area contributed by atoms with Crippen molar-refractivity contribution in [1.29, 1.82) is 0 Å². The molecule has 0 aromatic carbocycles. The molecule has 0 radical (unpaired) electrons. The lowest BCUT2D eigenvalue weighted by Crippen LogP contribution is -2.23. The van der Waals surface area contributed by atoms with Crippen LogP contribution in [0, 0.1) is 0 Å². The maximum absolute atomic E-state index is 11.4. The molecule has 0 aromatic rings. The predicted octanol–water partition coefficient (Wildman–Crippen LogP) is 2.51. The molecule has 18 heavy (non-hydrogen) atoms. The molecule has 0 aliphatic heterocycles. The van der Waals surface area contributed by atoms with Gasteiger partial charge in [-0.3, -0.25) is 9.59 Å². The fourth-order valence-corrected chi connectivity index (χ4v) is 1.78. The van der Waals surface area contributed by atoms with Crippen molar-refractivity contribution in [2.45, 2.75) is 71.1 Å². The van der Waals surface area contributed by atoms with Crippen LogP contribution >= 0.6 is 0 Å². The first kappa shape index (κ1) is 16.9. The molecule has 4 nitrogen and oxygen atoms in total. The largest absolute Gasteiger partial charge is 0.370 e. The van der Waals surface area contributed by atoms with Crippen LogP contribution in [0.4, 0.5) is 0 Å². The van der Waals surface area contributed by atoms with Gasteiger partial charge in [-0.2, -0.15) is 0 Å². The molecule has 3 N–H and O–H groups in total. The SMILES string of the molecule is CCCCNC(=O)CCCCCCCCC(N)=O. The van der Waals surface area contributed by atoms with Crippen molar-refractivity contribution >= 4 is 11.8 Å². The van der Waals surface area contributed by atoms with Crippen molar-refractivity contribution in [1.82, 2.24) is 5.32 Å². The number of rotatable bonds is 12. The van der Waals surface area contributed by atoms with E-state index < -0.39 is 0 Å². The Kier molecular flexibility index (Phi) is 11.7. The number of nitrogens with two attached hydrogens (primary N) is 1. The summed E-state index contributed by atoms with van der Waals surface area (Å²) in [6, 6.07) is 0. The zero-order chi connectivity index (χ0) is 13.6. The van der Waals surface area contributed by atoms with E-state index in [-0.39, 0.29) is 11.8 Å². The molecule has 0 aliphatic rings. The van der Waals surface area contributed by atoms with Crippen molar-refractivity contribution in [3.8, 4) is 0 Å². The fraction of sp³-hybridized carbons (Fsp3) is 0.857. The van der Waals surface area contributed by atoms with Gasteiger partial charge >= 0.3 is 0 Å². The van der Waals surface area contributed by atoms with Gasteiger partial charge in [-0.1, -0.05) is 39.0 Å². The lowest BCUT2D eigenvalue weighted by atomic mass is 10.1. The highest BCUT2D eigenvalue weighted by Gasteiger charge is 2.00. The first-order valence-corrected chi connectivity index (χ1v) is 7.21. The van der Waals surface area contributed by atoms with Crippen LogP contribution < -0.4 is 11.1 Å². The van der Waals surface area contributed by atoms with Gasteiger partial charge in [0.25, 0.3) is 0 Å². The zero-order valence-electron chi connectivity index (χ0n) is 11.7. The molecule has 0 aromatic heterocycles. The van der Waals surface area contributed by atoms with Crippen LogP contribution in [0.2, 0.25) is 0 Å². The quantitative estimate of drug-likeness (QED) is 0.527. The summed E-state index contributed by atoms with van der Waals surface area (Å²) in [7, 11) is 0. The third-order valence-electron chi connectivity index (χ3n) is 2.93. The first-order valence-electron chi connectivity index (χ1n) is 7.21. The van der Waals surface area contributed by atoms with Crippen molar-refractivity contribution < 1.29 is 9.59 Å². The fourth-order valence-electron chi connectivity index (χ4n) is 1.78. The third-order valence-corrected chi connectivity index (χ3v) is 2.93. The van der Waals surface area contributed by atoms with Crippen LogP contribution in [0.1, 0.15) is 71.1 Å². The van der Waals surface area contributed by atoms with Crippen LogP contribution in [0.15, 0.2) is 0 Å². The highest BCUT2D eigenvalue weighted by Crippen LogP contribution is 2.08. The van der Waals surface area contributed by atoms with Gasteiger partial charge in [0.05, 0.1) is 0 Å². The number of unbranched alkanes of at least 4 members (excludes halogenated alkanes) is 6. The summed E-state index contributed by atoms with van der Waals surface area (Å²) in [4.78, 5) is 21.9. The topological polar surface area (TPSA) is 72.2 Å². The van der Waals surface area contributed by atoms with E-state index in [4.69, 9.17) is 5.73 Å². The van der Waals surface area contributed by atoms with Gasteiger partial charge in [-0.25, -0.2) is 0 Å². The second-order valence-corrected chi connectivity index (χ2v) is 4.79. The number of amides is 2. The van der Waals surface area contributed by atoms with Crippen LogP contribution in [-0.2, 0) is 9.59 Å². The van der Waals surface area contributed by atoms with E-state index in [0.717, 1.165) is 57.9 Å². The minimum atomic E-state index is -0.209. The number of nitrogens with one attached hydrogen (secondary N) is 1. The van der Waals surface area contributed by atoms with E-state index in [1.807, 2.05) is 0 Å². The first-order chi connectivity index (χ1) is 8.66. The average Bonchev–Trinajstić information content (AvgIpc) is 2.32. The number of carbonyl (C=O) groups excluding carboxylic acids is 2. The van der Waals surface area contributed by atoms with E-state index in [1.165, 1.54) is 0 Å². The molecule has 0 saturated carbocycles. The molecule has 0 saturated heterocycles. The number of hydrogen-bond acceptors (Lipinski definition) is 2. The van der Waals surface area contributed by atoms with Crippen molar-refractivity contribution in [3.63, 3.8) is 0 Å². The van der Waals surface area contributed by atoms with E-state index in [0.29, 0.717) is 12.8 Å². The maximum atomic E-state index is 11.4. The van der Waals surface area contributed by atoms with Crippen LogP contribution in [0.3, 0.4) is 0 Å². The minimum absolute atomic E-state index is 0.178. The predicted molar refractivity (Wildman–Crippen MR) is 74.0 cm³/mol. The summed E-state index contributed by atoms with van der Waals surface area (Å²) in [5, 5.41) is 2.92. The summed E-state index contributed by atoms with van der Waals surface area (Å²) in [6.45, 7) is 2.92. The van der Waals surface area contributed by atoms with Gasteiger partial charge in [-0.05, 0) is 19.3 Å². The molecule has 0 aliphatic carbocycles. The van der Waals surface area contributed by atoms with E-state index >= 15 is 0 Å². The van der Waals surface area contributed by atoms with Crippen molar-refractivity contribution in [2.24, 2.45) is 5.73 Å². The van der Waals surface area contributed by atoms with E-state index in [9.17, 15) is 9.59 Å². The van der Waals surface area contributed by atoms with Crippen molar-refractivity contribution in [2.75, 3.05) is 6.54 Å². The van der Waals surface area contributed by atoms with Gasteiger partial charge in [0, 0.05) is 19.4 Å². The molecule has 106 valence electrons. The van der Waals surface area contributed by atoms with Gasteiger partial charge in [0.1, 0.15) is 0 Å². The van der Waals surface area contributed by atoms with Crippen molar-refractivity contribution in [3.05, 3.63) is 0 Å². The maximum Gasteiger partial charge on any atom is 0.219 e. The Morgan fingerprint density at radius 1 is 0.889 bits per heavy atom. The Morgan fingerprint density at radius 3 is 2.00 bits per heavy atom. The lowest BCUT2D eigenvalue weighted by molar-refractivity contribution is -0.121. The third kappa shape index (κ3) is 13.0. The summed E-state index contributed by atoms with van der Waals surface area (Å²) in [6.07, 6.45) is 9.61. The Morgan fingerprint density at radius 2 is 1.44 bits per heavy atom.